The molecule has 0 spiro atoms. The molecule has 4 heteroatoms. The monoisotopic (exact) mass is 219 g/mol. The first kappa shape index (κ1) is 10.7. The molecule has 1 amide bonds. The van der Waals surface area contributed by atoms with E-state index in [1.54, 1.807) is 0 Å². The van der Waals surface area contributed by atoms with Crippen LogP contribution in [-0.4, -0.2) is 17.0 Å². The van der Waals surface area contributed by atoms with Crippen molar-refractivity contribution < 1.29 is 14.7 Å². The molecule has 1 aromatic rings. The molecular weight excluding hydrogens is 206 g/mol. The maximum Gasteiger partial charge on any atom is 0.303 e. The Hall–Kier alpha value is -1.84. The summed E-state index contributed by atoms with van der Waals surface area (Å²) in [4.78, 5) is 21.8. The summed E-state index contributed by atoms with van der Waals surface area (Å²) in [5, 5.41) is 11.5. The van der Waals surface area contributed by atoms with Gasteiger partial charge in [0.15, 0.2) is 0 Å². The zero-order valence-electron chi connectivity index (χ0n) is 8.99. The van der Waals surface area contributed by atoms with Crippen molar-refractivity contribution in [3.05, 3.63) is 29.3 Å². The fourth-order valence-electron chi connectivity index (χ4n) is 1.94. The smallest absolute Gasteiger partial charge is 0.303 e. The van der Waals surface area contributed by atoms with Crippen molar-refractivity contribution >= 4 is 17.6 Å². The molecule has 0 fully saturated rings. The molecule has 0 aromatic heterocycles. The number of aliphatic carboxylic acids is 1. The summed E-state index contributed by atoms with van der Waals surface area (Å²) in [6.07, 6.45) is 0.503. The van der Waals surface area contributed by atoms with E-state index in [4.69, 9.17) is 5.11 Å². The lowest BCUT2D eigenvalue weighted by Gasteiger charge is -2.10. The first-order valence-corrected chi connectivity index (χ1v) is 5.20. The summed E-state index contributed by atoms with van der Waals surface area (Å²) < 4.78 is 0. The van der Waals surface area contributed by atoms with Crippen molar-refractivity contribution in [2.24, 2.45) is 0 Å². The molecule has 1 aliphatic rings. The van der Waals surface area contributed by atoms with Crippen molar-refractivity contribution in [3.63, 3.8) is 0 Å². The highest BCUT2D eigenvalue weighted by Crippen LogP contribution is 2.28. The lowest BCUT2D eigenvalue weighted by atomic mass is 9.95. The largest absolute Gasteiger partial charge is 0.481 e. The molecule has 0 aliphatic carbocycles. The molecule has 0 radical (unpaired) electrons. The number of carboxylic acids is 1. The Morgan fingerprint density at radius 1 is 1.56 bits per heavy atom. The molecule has 2 N–H and O–H groups in total. The van der Waals surface area contributed by atoms with E-state index in [0.717, 1.165) is 16.8 Å². The second-order valence-electron chi connectivity index (χ2n) is 4.14. The van der Waals surface area contributed by atoms with Crippen LogP contribution in [0.1, 0.15) is 30.4 Å². The molecule has 1 unspecified atom stereocenters. The third kappa shape index (κ3) is 2.05. The summed E-state index contributed by atoms with van der Waals surface area (Å²) in [5.41, 5.74) is 2.77. The van der Waals surface area contributed by atoms with Crippen molar-refractivity contribution in [1.29, 1.82) is 0 Å². The van der Waals surface area contributed by atoms with Gasteiger partial charge >= 0.3 is 5.97 Å². The van der Waals surface area contributed by atoms with Crippen LogP contribution >= 0.6 is 0 Å². The number of carbonyl (C=O) groups is 2. The summed E-state index contributed by atoms with van der Waals surface area (Å²) >= 11 is 0. The number of carbonyl (C=O) groups excluding carboxylic acids is 1. The molecule has 1 aliphatic heterocycles. The van der Waals surface area contributed by atoms with Crippen molar-refractivity contribution in [2.75, 3.05) is 5.32 Å². The highest BCUT2D eigenvalue weighted by Gasteiger charge is 2.19. The molecule has 1 aromatic carbocycles. The van der Waals surface area contributed by atoms with Crippen LogP contribution in [-0.2, 0) is 16.0 Å². The third-order valence-electron chi connectivity index (χ3n) is 2.80. The lowest BCUT2D eigenvalue weighted by Crippen LogP contribution is -2.03. The summed E-state index contributed by atoms with van der Waals surface area (Å²) in [6.45, 7) is 1.88. The van der Waals surface area contributed by atoms with Crippen molar-refractivity contribution in [3.8, 4) is 0 Å². The number of nitrogens with one attached hydrogen (secondary N) is 1. The zero-order chi connectivity index (χ0) is 11.7. The van der Waals surface area contributed by atoms with E-state index >= 15 is 0 Å². The second-order valence-corrected chi connectivity index (χ2v) is 4.14. The summed E-state index contributed by atoms with van der Waals surface area (Å²) in [7, 11) is 0. The first-order chi connectivity index (χ1) is 7.56. The Bertz CT molecular complexity index is 454. The van der Waals surface area contributed by atoms with Gasteiger partial charge < -0.3 is 10.4 Å². The van der Waals surface area contributed by atoms with Gasteiger partial charge in [-0.1, -0.05) is 19.1 Å². The highest BCUT2D eigenvalue weighted by molar-refractivity contribution is 5.99. The molecule has 4 nitrogen and oxygen atoms in total. The standard InChI is InChI=1S/C12H13NO3/c1-7(4-12(15)16)8-2-3-10-9(5-8)6-11(14)13-10/h2-3,5,7H,4,6H2,1H3,(H,13,14)(H,15,16). The number of fused-ring (bicyclic) bond motifs is 1. The number of hydrogen-bond donors (Lipinski definition) is 2. The van der Waals surface area contributed by atoms with Gasteiger partial charge in [0.1, 0.15) is 0 Å². The van der Waals surface area contributed by atoms with Crippen LogP contribution in [0.2, 0.25) is 0 Å². The van der Waals surface area contributed by atoms with Gasteiger partial charge in [-0.15, -0.1) is 0 Å². The summed E-state index contributed by atoms with van der Waals surface area (Å²) in [6, 6.07) is 5.63. The molecule has 1 heterocycles. The first-order valence-electron chi connectivity index (χ1n) is 5.20. The molecular formula is C12H13NO3. The number of carboxylic acid groups (broad SMARTS) is 1. The average Bonchev–Trinajstić information content (AvgIpc) is 2.55. The van der Waals surface area contributed by atoms with Crippen LogP contribution in [0.4, 0.5) is 5.69 Å². The van der Waals surface area contributed by atoms with Crippen molar-refractivity contribution in [2.45, 2.75) is 25.7 Å². The summed E-state index contributed by atoms with van der Waals surface area (Å²) in [5.74, 6) is -0.835. The number of rotatable bonds is 3. The van der Waals surface area contributed by atoms with Gasteiger partial charge in [0.2, 0.25) is 5.91 Å². The molecule has 0 bridgehead atoms. The van der Waals surface area contributed by atoms with Gasteiger partial charge in [0, 0.05) is 5.69 Å². The van der Waals surface area contributed by atoms with E-state index in [2.05, 4.69) is 5.32 Å². The van der Waals surface area contributed by atoms with Gasteiger partial charge in [0.25, 0.3) is 0 Å². The topological polar surface area (TPSA) is 66.4 Å². The third-order valence-corrected chi connectivity index (χ3v) is 2.80. The van der Waals surface area contributed by atoms with Crippen LogP contribution in [0.3, 0.4) is 0 Å². The van der Waals surface area contributed by atoms with Gasteiger partial charge in [-0.2, -0.15) is 0 Å². The molecule has 1 atom stereocenters. The minimum atomic E-state index is -0.804. The Kier molecular flexibility index (Phi) is 2.64. The molecule has 2 rings (SSSR count). The predicted molar refractivity (Wildman–Crippen MR) is 59.4 cm³/mol. The van der Waals surface area contributed by atoms with Crippen LogP contribution < -0.4 is 5.32 Å². The Morgan fingerprint density at radius 2 is 2.31 bits per heavy atom. The Balaban J connectivity index is 2.22. The van der Waals surface area contributed by atoms with E-state index < -0.39 is 5.97 Å². The Labute approximate surface area is 93.3 Å². The number of benzene rings is 1. The quantitative estimate of drug-likeness (QED) is 0.814. The zero-order valence-corrected chi connectivity index (χ0v) is 8.99. The van der Waals surface area contributed by atoms with Crippen LogP contribution in [0.5, 0.6) is 0 Å². The fraction of sp³-hybridized carbons (Fsp3) is 0.333. The van der Waals surface area contributed by atoms with E-state index in [9.17, 15) is 9.59 Å². The van der Waals surface area contributed by atoms with Gasteiger partial charge in [0.05, 0.1) is 12.8 Å². The number of amides is 1. The highest BCUT2D eigenvalue weighted by atomic mass is 16.4. The molecule has 84 valence electrons. The van der Waals surface area contributed by atoms with Crippen LogP contribution in [0.15, 0.2) is 18.2 Å². The predicted octanol–water partition coefficient (Wildman–Crippen LogP) is 1.76. The van der Waals surface area contributed by atoms with E-state index in [0.29, 0.717) is 6.42 Å². The normalized spacial score (nSPS) is 15.4. The average molecular weight is 219 g/mol. The van der Waals surface area contributed by atoms with Crippen LogP contribution in [0, 0.1) is 0 Å². The minimum absolute atomic E-state index is 0.00182. The van der Waals surface area contributed by atoms with Gasteiger partial charge in [-0.25, -0.2) is 0 Å². The van der Waals surface area contributed by atoms with E-state index in [1.807, 2.05) is 25.1 Å². The maximum absolute atomic E-state index is 11.2. The molecule has 16 heavy (non-hydrogen) atoms. The molecule has 0 saturated carbocycles. The van der Waals surface area contributed by atoms with Gasteiger partial charge in [-0.05, 0) is 23.1 Å². The molecule has 0 saturated heterocycles. The Morgan fingerprint density at radius 3 is 3.00 bits per heavy atom. The second kappa shape index (κ2) is 3.96. The lowest BCUT2D eigenvalue weighted by molar-refractivity contribution is -0.137. The van der Waals surface area contributed by atoms with Crippen molar-refractivity contribution in [1.82, 2.24) is 0 Å². The van der Waals surface area contributed by atoms with Crippen LogP contribution in [0.25, 0.3) is 0 Å². The van der Waals surface area contributed by atoms with Gasteiger partial charge in [-0.3, -0.25) is 9.59 Å². The van der Waals surface area contributed by atoms with E-state index in [-0.39, 0.29) is 18.2 Å². The fourth-order valence-corrected chi connectivity index (χ4v) is 1.94. The minimum Gasteiger partial charge on any atom is -0.481 e. The number of anilines is 1. The number of hydrogen-bond acceptors (Lipinski definition) is 2. The maximum atomic E-state index is 11.2. The SMILES string of the molecule is CC(CC(=O)O)c1ccc2c(c1)CC(=O)N2. The van der Waals surface area contributed by atoms with E-state index in [1.165, 1.54) is 0 Å².